The van der Waals surface area contributed by atoms with Gasteiger partial charge >= 0.3 is 0 Å². The van der Waals surface area contributed by atoms with E-state index in [4.69, 9.17) is 39.5 Å². The summed E-state index contributed by atoms with van der Waals surface area (Å²) in [5, 5.41) is 3.45. The number of carbonyl (C=O) groups is 1. The summed E-state index contributed by atoms with van der Waals surface area (Å²) in [6, 6.07) is 16.6. The van der Waals surface area contributed by atoms with Crippen molar-refractivity contribution in [3.8, 4) is 5.75 Å². The average Bonchev–Trinajstić information content (AvgIpc) is 2.78. The minimum absolute atomic E-state index is 0.0948. The van der Waals surface area contributed by atoms with Crippen LogP contribution in [0.4, 0.5) is 5.69 Å². The standard InChI is InChI=1S/C23H21Cl3N2O4S/c1-2-32-22-11-9-17(14-19(22)26)33(30,31)28-21(12-15-6-4-3-5-7-15)23(29)27-20-13-16(24)8-10-18(20)25/h3-11,13-14,21,28H,2,12H2,1H3,(H,27,29)/t21-/m0/s1. The van der Waals surface area contributed by atoms with Gasteiger partial charge < -0.3 is 10.1 Å². The zero-order chi connectivity index (χ0) is 24.0. The highest BCUT2D eigenvalue weighted by molar-refractivity contribution is 7.89. The molecule has 3 rings (SSSR count). The van der Waals surface area contributed by atoms with E-state index in [0.717, 1.165) is 5.56 Å². The number of sulfonamides is 1. The molecule has 1 amide bonds. The number of carbonyl (C=O) groups excluding carboxylic acids is 1. The van der Waals surface area contributed by atoms with Gasteiger partial charge in [-0.2, -0.15) is 4.72 Å². The van der Waals surface area contributed by atoms with Crippen LogP contribution in [0.25, 0.3) is 0 Å². The van der Waals surface area contributed by atoms with Crippen molar-refractivity contribution in [1.29, 1.82) is 0 Å². The molecule has 0 fully saturated rings. The van der Waals surface area contributed by atoms with Gasteiger partial charge in [-0.15, -0.1) is 0 Å². The summed E-state index contributed by atoms with van der Waals surface area (Å²) < 4.78 is 34.0. The van der Waals surface area contributed by atoms with Crippen LogP contribution in [-0.4, -0.2) is 27.0 Å². The van der Waals surface area contributed by atoms with Gasteiger partial charge in [0.1, 0.15) is 11.8 Å². The maximum absolute atomic E-state index is 13.1. The predicted octanol–water partition coefficient (Wildman–Crippen LogP) is 5.57. The maximum Gasteiger partial charge on any atom is 0.242 e. The van der Waals surface area contributed by atoms with Crippen molar-refractivity contribution in [2.24, 2.45) is 0 Å². The zero-order valence-electron chi connectivity index (χ0n) is 17.5. The number of halogens is 3. The molecule has 2 N–H and O–H groups in total. The smallest absolute Gasteiger partial charge is 0.242 e. The number of hydrogen-bond acceptors (Lipinski definition) is 4. The third-order valence-corrected chi connectivity index (χ3v) is 6.93. The Labute approximate surface area is 207 Å². The minimum atomic E-state index is -4.10. The second kappa shape index (κ2) is 11.2. The Balaban J connectivity index is 1.89. The highest BCUT2D eigenvalue weighted by atomic mass is 35.5. The molecule has 3 aromatic rings. The molecule has 0 radical (unpaired) electrons. The van der Waals surface area contributed by atoms with E-state index in [1.54, 1.807) is 37.3 Å². The van der Waals surface area contributed by atoms with Crippen molar-refractivity contribution >= 4 is 56.4 Å². The molecule has 0 aliphatic carbocycles. The van der Waals surface area contributed by atoms with Crippen LogP contribution in [0.5, 0.6) is 5.75 Å². The summed E-state index contributed by atoms with van der Waals surface area (Å²) in [7, 11) is -4.10. The highest BCUT2D eigenvalue weighted by Crippen LogP contribution is 2.28. The number of anilines is 1. The second-order valence-electron chi connectivity index (χ2n) is 7.00. The van der Waals surface area contributed by atoms with E-state index in [9.17, 15) is 13.2 Å². The van der Waals surface area contributed by atoms with Crippen LogP contribution < -0.4 is 14.8 Å². The lowest BCUT2D eigenvalue weighted by molar-refractivity contribution is -0.117. The molecule has 10 heteroatoms. The van der Waals surface area contributed by atoms with E-state index in [1.807, 2.05) is 6.07 Å². The summed E-state index contributed by atoms with van der Waals surface area (Å²) in [6.07, 6.45) is 0.106. The average molecular weight is 528 g/mol. The topological polar surface area (TPSA) is 84.5 Å². The SMILES string of the molecule is CCOc1ccc(S(=O)(=O)N[C@@H](Cc2ccccc2)C(=O)Nc2cc(Cl)ccc2Cl)cc1Cl. The molecule has 0 heterocycles. The fourth-order valence-electron chi connectivity index (χ4n) is 3.03. The second-order valence-corrected chi connectivity index (χ2v) is 9.97. The molecule has 1 atom stereocenters. The zero-order valence-corrected chi connectivity index (χ0v) is 20.6. The van der Waals surface area contributed by atoms with Crippen molar-refractivity contribution in [2.75, 3.05) is 11.9 Å². The van der Waals surface area contributed by atoms with Gasteiger partial charge in [0, 0.05) is 5.02 Å². The highest BCUT2D eigenvalue weighted by Gasteiger charge is 2.27. The molecule has 0 spiro atoms. The first-order valence-corrected chi connectivity index (χ1v) is 12.6. The normalized spacial score (nSPS) is 12.2. The van der Waals surface area contributed by atoms with Crippen molar-refractivity contribution in [2.45, 2.75) is 24.3 Å². The number of amides is 1. The van der Waals surface area contributed by atoms with E-state index in [-0.39, 0.29) is 27.0 Å². The van der Waals surface area contributed by atoms with Crippen LogP contribution in [-0.2, 0) is 21.2 Å². The molecule has 6 nitrogen and oxygen atoms in total. The monoisotopic (exact) mass is 526 g/mol. The molecule has 0 saturated carbocycles. The first-order chi connectivity index (χ1) is 15.7. The molecule has 0 aromatic heterocycles. The Morgan fingerprint density at radius 2 is 1.70 bits per heavy atom. The Morgan fingerprint density at radius 1 is 0.970 bits per heavy atom. The fraction of sp³-hybridized carbons (Fsp3) is 0.174. The summed E-state index contributed by atoms with van der Waals surface area (Å²) in [5.41, 5.74) is 1.04. The quantitative estimate of drug-likeness (QED) is 0.381. The number of hydrogen-bond donors (Lipinski definition) is 2. The van der Waals surface area contributed by atoms with E-state index in [0.29, 0.717) is 17.4 Å². The molecule has 174 valence electrons. The number of nitrogens with one attached hydrogen (secondary N) is 2. The molecular formula is C23H21Cl3N2O4S. The number of rotatable bonds is 9. The summed E-state index contributed by atoms with van der Waals surface area (Å²) in [6.45, 7) is 2.18. The summed E-state index contributed by atoms with van der Waals surface area (Å²) in [5.74, 6) is -0.226. The van der Waals surface area contributed by atoms with Gasteiger partial charge in [0.15, 0.2) is 0 Å². The van der Waals surface area contributed by atoms with Gasteiger partial charge in [0.25, 0.3) is 0 Å². The van der Waals surface area contributed by atoms with Gasteiger partial charge in [-0.05, 0) is 55.3 Å². The van der Waals surface area contributed by atoms with E-state index in [2.05, 4.69) is 10.0 Å². The molecule has 33 heavy (non-hydrogen) atoms. The molecular weight excluding hydrogens is 507 g/mol. The fourth-order valence-corrected chi connectivity index (χ4v) is 4.89. The van der Waals surface area contributed by atoms with E-state index >= 15 is 0 Å². The van der Waals surface area contributed by atoms with Crippen LogP contribution in [0.1, 0.15) is 12.5 Å². The molecule has 0 aliphatic heterocycles. The van der Waals surface area contributed by atoms with Crippen molar-refractivity contribution in [1.82, 2.24) is 4.72 Å². The number of benzene rings is 3. The molecule has 0 bridgehead atoms. The van der Waals surface area contributed by atoms with Gasteiger partial charge in [0.05, 0.1) is 27.2 Å². The summed E-state index contributed by atoms with van der Waals surface area (Å²) >= 11 is 18.3. The first-order valence-electron chi connectivity index (χ1n) is 9.94. The molecule has 0 aliphatic rings. The first kappa shape index (κ1) is 25.3. The van der Waals surface area contributed by atoms with Crippen LogP contribution in [0.2, 0.25) is 15.1 Å². The van der Waals surface area contributed by atoms with Crippen LogP contribution in [0.3, 0.4) is 0 Å². The summed E-state index contributed by atoms with van der Waals surface area (Å²) in [4.78, 5) is 13.0. The van der Waals surface area contributed by atoms with Gasteiger partial charge in [-0.1, -0.05) is 65.1 Å². The predicted molar refractivity (Wildman–Crippen MR) is 132 cm³/mol. The lowest BCUT2D eigenvalue weighted by atomic mass is 10.1. The lowest BCUT2D eigenvalue weighted by Gasteiger charge is -2.20. The van der Waals surface area contributed by atoms with Crippen LogP contribution in [0.15, 0.2) is 71.6 Å². The van der Waals surface area contributed by atoms with Crippen LogP contribution in [0, 0.1) is 0 Å². The Hall–Kier alpha value is -2.29. The van der Waals surface area contributed by atoms with E-state index < -0.39 is 22.0 Å². The third kappa shape index (κ3) is 6.85. The van der Waals surface area contributed by atoms with Gasteiger partial charge in [-0.25, -0.2) is 8.42 Å². The molecule has 0 saturated heterocycles. The third-order valence-electron chi connectivity index (χ3n) is 4.60. The largest absolute Gasteiger partial charge is 0.492 e. The Kier molecular flexibility index (Phi) is 8.62. The van der Waals surface area contributed by atoms with Crippen molar-refractivity contribution < 1.29 is 17.9 Å². The van der Waals surface area contributed by atoms with Crippen molar-refractivity contribution in [3.05, 3.63) is 87.4 Å². The molecule has 3 aromatic carbocycles. The van der Waals surface area contributed by atoms with Crippen molar-refractivity contribution in [3.63, 3.8) is 0 Å². The molecule has 0 unspecified atom stereocenters. The van der Waals surface area contributed by atoms with Gasteiger partial charge in [-0.3, -0.25) is 4.79 Å². The number of ether oxygens (including phenoxy) is 1. The lowest BCUT2D eigenvalue weighted by Crippen LogP contribution is -2.45. The Morgan fingerprint density at radius 3 is 2.36 bits per heavy atom. The van der Waals surface area contributed by atoms with E-state index in [1.165, 1.54) is 30.3 Å². The maximum atomic E-state index is 13.1. The van der Waals surface area contributed by atoms with Crippen LogP contribution >= 0.6 is 34.8 Å². The Bertz CT molecular complexity index is 1240. The minimum Gasteiger partial charge on any atom is -0.492 e. The van der Waals surface area contributed by atoms with Gasteiger partial charge in [0.2, 0.25) is 15.9 Å².